The summed E-state index contributed by atoms with van der Waals surface area (Å²) in [6, 6.07) is 16.7. The van der Waals surface area contributed by atoms with Gasteiger partial charge in [-0.1, -0.05) is 24.3 Å². The Morgan fingerprint density at radius 1 is 1.04 bits per heavy atom. The Bertz CT molecular complexity index is 1230. The van der Waals surface area contributed by atoms with Crippen LogP contribution in [-0.2, 0) is 16.6 Å². The number of sulfonamides is 1. The number of pyridine rings is 1. The van der Waals surface area contributed by atoms with Crippen molar-refractivity contribution in [3.63, 3.8) is 0 Å². The average molecular weight is 381 g/mol. The molecular formula is C19H15N3O4S. The van der Waals surface area contributed by atoms with Gasteiger partial charge in [-0.25, -0.2) is 13.2 Å². The summed E-state index contributed by atoms with van der Waals surface area (Å²) in [5.41, 5.74) is 1.91. The summed E-state index contributed by atoms with van der Waals surface area (Å²) in [6.07, 6.45) is 3.26. The molecule has 0 atom stereocenters. The first-order chi connectivity index (χ1) is 13.0. The van der Waals surface area contributed by atoms with Gasteiger partial charge >= 0.3 is 5.76 Å². The van der Waals surface area contributed by atoms with Crippen LogP contribution in [0.5, 0.6) is 0 Å². The van der Waals surface area contributed by atoms with Gasteiger partial charge in [0.2, 0.25) is 0 Å². The van der Waals surface area contributed by atoms with Gasteiger partial charge < -0.3 is 4.42 Å². The lowest BCUT2D eigenvalue weighted by Crippen LogP contribution is -2.30. The lowest BCUT2D eigenvalue weighted by molar-refractivity contribution is 0.553. The van der Waals surface area contributed by atoms with Crippen molar-refractivity contribution in [1.29, 1.82) is 0 Å². The number of hydrogen-bond acceptors (Lipinski definition) is 5. The van der Waals surface area contributed by atoms with Crippen LogP contribution in [0.15, 0.2) is 87.2 Å². The molecule has 1 N–H and O–H groups in total. The molecule has 2 aromatic carbocycles. The number of H-pyrrole nitrogens is 1. The Morgan fingerprint density at radius 2 is 1.85 bits per heavy atom. The molecule has 0 unspecified atom stereocenters. The fourth-order valence-corrected chi connectivity index (χ4v) is 4.25. The van der Waals surface area contributed by atoms with Gasteiger partial charge in [-0.3, -0.25) is 14.3 Å². The summed E-state index contributed by atoms with van der Waals surface area (Å²) in [7, 11) is -3.90. The molecule has 0 amide bonds. The molecule has 4 aromatic rings. The van der Waals surface area contributed by atoms with Gasteiger partial charge in [-0.15, -0.1) is 0 Å². The van der Waals surface area contributed by atoms with Gasteiger partial charge in [0.25, 0.3) is 10.0 Å². The lowest BCUT2D eigenvalue weighted by atomic mass is 10.2. The number of nitrogens with zero attached hydrogens (tertiary/aromatic N) is 2. The van der Waals surface area contributed by atoms with Crippen LogP contribution in [0, 0.1) is 0 Å². The number of nitrogens with one attached hydrogen (secondary N) is 1. The Morgan fingerprint density at radius 3 is 2.59 bits per heavy atom. The highest BCUT2D eigenvalue weighted by Gasteiger charge is 2.26. The minimum absolute atomic E-state index is 0.0329. The fourth-order valence-electron chi connectivity index (χ4n) is 2.78. The highest BCUT2D eigenvalue weighted by atomic mass is 32.2. The topological polar surface area (TPSA) is 96.3 Å². The first kappa shape index (κ1) is 17.0. The van der Waals surface area contributed by atoms with E-state index in [0.29, 0.717) is 11.2 Å². The van der Waals surface area contributed by atoms with E-state index < -0.39 is 15.8 Å². The summed E-state index contributed by atoms with van der Waals surface area (Å²) in [5.74, 6) is -0.630. The third kappa shape index (κ3) is 3.34. The number of fused-ring (bicyclic) bond motifs is 1. The van der Waals surface area contributed by atoms with Crippen LogP contribution in [0.2, 0.25) is 0 Å². The standard InChI is InChI=1S/C19H15N3O4S/c23-19-21-17-9-8-16(11-18(17)26-19)27(24,25)22(15-6-2-1-3-7-15)13-14-5-4-10-20-12-14/h1-12H,13H2,(H,21,23). The number of rotatable bonds is 5. The predicted molar refractivity (Wildman–Crippen MR) is 101 cm³/mol. The molecule has 136 valence electrons. The number of benzene rings is 2. The summed E-state index contributed by atoms with van der Waals surface area (Å²) < 4.78 is 33.0. The van der Waals surface area contributed by atoms with Gasteiger partial charge in [0.1, 0.15) is 0 Å². The summed E-state index contributed by atoms with van der Waals surface area (Å²) in [5, 5.41) is 0. The largest absolute Gasteiger partial charge is 0.417 e. The monoisotopic (exact) mass is 381 g/mol. The number of para-hydroxylation sites is 1. The van der Waals surface area contributed by atoms with Crippen LogP contribution in [0.1, 0.15) is 5.56 Å². The van der Waals surface area contributed by atoms with Gasteiger partial charge in [0.05, 0.1) is 22.6 Å². The van der Waals surface area contributed by atoms with Gasteiger partial charge in [0, 0.05) is 18.5 Å². The quantitative estimate of drug-likeness (QED) is 0.573. The minimum Gasteiger partial charge on any atom is -0.408 e. The van der Waals surface area contributed by atoms with Gasteiger partial charge in [-0.2, -0.15) is 0 Å². The van der Waals surface area contributed by atoms with Crippen molar-refractivity contribution >= 4 is 26.8 Å². The normalized spacial score (nSPS) is 11.6. The third-order valence-corrected chi connectivity index (χ3v) is 5.84. The second kappa shape index (κ2) is 6.73. The van der Waals surface area contributed by atoms with Crippen molar-refractivity contribution in [1.82, 2.24) is 9.97 Å². The van der Waals surface area contributed by atoms with E-state index in [0.717, 1.165) is 5.56 Å². The molecule has 8 heteroatoms. The number of hydrogen-bond donors (Lipinski definition) is 1. The summed E-state index contributed by atoms with van der Waals surface area (Å²) in [6.45, 7) is 0.120. The number of anilines is 1. The molecule has 0 aliphatic rings. The SMILES string of the molecule is O=c1[nH]c2ccc(S(=O)(=O)N(Cc3cccnc3)c3ccccc3)cc2o1. The van der Waals surface area contributed by atoms with Gasteiger partial charge in [0.15, 0.2) is 5.58 Å². The van der Waals surface area contributed by atoms with Crippen molar-refractivity contribution in [2.24, 2.45) is 0 Å². The first-order valence-corrected chi connectivity index (χ1v) is 9.57. The lowest BCUT2D eigenvalue weighted by Gasteiger charge is -2.24. The van der Waals surface area contributed by atoms with E-state index in [1.807, 2.05) is 12.1 Å². The van der Waals surface area contributed by atoms with Crippen molar-refractivity contribution in [2.45, 2.75) is 11.4 Å². The molecular weight excluding hydrogens is 366 g/mol. The van der Waals surface area contributed by atoms with Gasteiger partial charge in [-0.05, 0) is 35.9 Å². The summed E-state index contributed by atoms with van der Waals surface area (Å²) in [4.78, 5) is 17.9. The molecule has 27 heavy (non-hydrogen) atoms. The molecule has 0 aliphatic carbocycles. The van der Waals surface area contributed by atoms with Crippen molar-refractivity contribution in [3.05, 3.63) is 89.2 Å². The van der Waals surface area contributed by atoms with E-state index in [-0.39, 0.29) is 17.0 Å². The Labute approximate surface area is 155 Å². The third-order valence-electron chi connectivity index (χ3n) is 4.07. The highest BCUT2D eigenvalue weighted by molar-refractivity contribution is 7.92. The molecule has 7 nitrogen and oxygen atoms in total. The number of aromatic amines is 1. The van der Waals surface area contributed by atoms with Crippen LogP contribution < -0.4 is 10.1 Å². The zero-order chi connectivity index (χ0) is 18.9. The minimum atomic E-state index is -3.90. The molecule has 0 fully saturated rings. The van der Waals surface area contributed by atoms with E-state index in [4.69, 9.17) is 4.42 Å². The molecule has 0 spiro atoms. The highest BCUT2D eigenvalue weighted by Crippen LogP contribution is 2.27. The van der Waals surface area contributed by atoms with E-state index >= 15 is 0 Å². The van der Waals surface area contributed by atoms with Crippen LogP contribution in [0.25, 0.3) is 11.1 Å². The Balaban J connectivity index is 1.82. The molecule has 0 radical (unpaired) electrons. The maximum atomic E-state index is 13.4. The molecule has 0 saturated heterocycles. The van der Waals surface area contributed by atoms with Crippen LogP contribution >= 0.6 is 0 Å². The molecule has 0 bridgehead atoms. The second-order valence-electron chi connectivity index (χ2n) is 5.88. The number of aromatic nitrogens is 2. The van der Waals surface area contributed by atoms with Crippen molar-refractivity contribution in [2.75, 3.05) is 4.31 Å². The molecule has 2 aromatic heterocycles. The molecule has 0 aliphatic heterocycles. The zero-order valence-corrected chi connectivity index (χ0v) is 14.9. The maximum absolute atomic E-state index is 13.4. The zero-order valence-electron chi connectivity index (χ0n) is 14.1. The average Bonchev–Trinajstić information content (AvgIpc) is 3.06. The fraction of sp³-hybridized carbons (Fsp3) is 0.0526. The van der Waals surface area contributed by atoms with Crippen LogP contribution in [0.3, 0.4) is 0 Å². The van der Waals surface area contributed by atoms with Crippen LogP contribution in [-0.4, -0.2) is 18.4 Å². The Kier molecular flexibility index (Phi) is 4.25. The predicted octanol–water partition coefficient (Wildman–Crippen LogP) is 2.91. The van der Waals surface area contributed by atoms with E-state index in [1.54, 1.807) is 42.7 Å². The van der Waals surface area contributed by atoms with E-state index in [2.05, 4.69) is 9.97 Å². The van der Waals surface area contributed by atoms with Crippen LogP contribution in [0.4, 0.5) is 5.69 Å². The molecule has 4 rings (SSSR count). The second-order valence-corrected chi connectivity index (χ2v) is 7.74. The smallest absolute Gasteiger partial charge is 0.408 e. The molecule has 2 heterocycles. The summed E-state index contributed by atoms with van der Waals surface area (Å²) >= 11 is 0. The van der Waals surface area contributed by atoms with Crippen molar-refractivity contribution < 1.29 is 12.8 Å². The van der Waals surface area contributed by atoms with Crippen molar-refractivity contribution in [3.8, 4) is 0 Å². The molecule has 0 saturated carbocycles. The van der Waals surface area contributed by atoms with E-state index in [1.165, 1.54) is 22.5 Å². The maximum Gasteiger partial charge on any atom is 0.417 e. The van der Waals surface area contributed by atoms with E-state index in [9.17, 15) is 13.2 Å². The number of oxazole rings is 1. The first-order valence-electron chi connectivity index (χ1n) is 8.13. The Hall–Kier alpha value is -3.39.